The normalized spacial score (nSPS) is 25.4. The Balaban J connectivity index is 1.65. The van der Waals surface area contributed by atoms with Gasteiger partial charge < -0.3 is 15.2 Å². The quantitative estimate of drug-likeness (QED) is 0.602. The van der Waals surface area contributed by atoms with E-state index in [-0.39, 0.29) is 22.6 Å². The molecule has 0 heterocycles. The van der Waals surface area contributed by atoms with E-state index in [0.29, 0.717) is 11.7 Å². The van der Waals surface area contributed by atoms with Crippen LogP contribution >= 0.6 is 0 Å². The molecule has 0 aliphatic heterocycles. The molecule has 0 radical (unpaired) electrons. The van der Waals surface area contributed by atoms with Crippen LogP contribution in [0.2, 0.25) is 0 Å². The van der Waals surface area contributed by atoms with Crippen molar-refractivity contribution in [2.45, 2.75) is 56.9 Å². The number of hydrogen-bond donors (Lipinski definition) is 1. The fourth-order valence-electron chi connectivity index (χ4n) is 5.21. The summed E-state index contributed by atoms with van der Waals surface area (Å²) in [4.78, 5) is 24.8. The van der Waals surface area contributed by atoms with Gasteiger partial charge in [-0.2, -0.15) is 0 Å². The Morgan fingerprint density at radius 1 is 1.03 bits per heavy atom. The molecule has 0 saturated heterocycles. The number of nitrogens with two attached hydrogens (primary N) is 1. The smallest absolute Gasteiger partial charge is 0.344 e. The lowest BCUT2D eigenvalue weighted by molar-refractivity contribution is 0.0587. The van der Waals surface area contributed by atoms with Gasteiger partial charge in [0.05, 0.1) is 18.2 Å². The van der Waals surface area contributed by atoms with Gasteiger partial charge in [0.2, 0.25) is 0 Å². The molecule has 2 aromatic carbocycles. The third-order valence-corrected chi connectivity index (χ3v) is 6.96. The molecule has 0 amide bonds. The number of ether oxygens (including phenoxy) is 2. The molecule has 3 atom stereocenters. The maximum atomic E-state index is 12.8. The topological polar surface area (TPSA) is 78.6 Å². The number of esters is 2. The minimum atomic E-state index is -0.572. The number of benzene rings is 2. The third kappa shape index (κ3) is 3.63. The first-order valence-electron chi connectivity index (χ1n) is 10.7. The molecule has 1 fully saturated rings. The molecule has 158 valence electrons. The molecule has 2 N–H and O–H groups in total. The second-order valence-electron chi connectivity index (χ2n) is 8.75. The molecule has 2 aliphatic carbocycles. The molecule has 5 heteroatoms. The molecule has 1 unspecified atom stereocenters. The molecule has 4 rings (SSSR count). The Kier molecular flexibility index (Phi) is 5.65. The van der Waals surface area contributed by atoms with E-state index < -0.39 is 11.9 Å². The van der Waals surface area contributed by atoms with Crippen LogP contribution in [0, 0.1) is 5.92 Å². The number of hydrogen-bond acceptors (Lipinski definition) is 5. The molecule has 30 heavy (non-hydrogen) atoms. The van der Waals surface area contributed by atoms with Gasteiger partial charge in [-0.1, -0.05) is 44.4 Å². The fourth-order valence-corrected chi connectivity index (χ4v) is 5.21. The van der Waals surface area contributed by atoms with Gasteiger partial charge in [-0.05, 0) is 60.6 Å². The predicted octanol–water partition coefficient (Wildman–Crippen LogP) is 4.41. The van der Waals surface area contributed by atoms with Crippen LogP contribution in [0.5, 0.6) is 5.75 Å². The summed E-state index contributed by atoms with van der Waals surface area (Å²) in [6.45, 7) is 2.26. The minimum absolute atomic E-state index is 0.108. The van der Waals surface area contributed by atoms with Crippen LogP contribution in [-0.2, 0) is 16.6 Å². The van der Waals surface area contributed by atoms with Crippen LogP contribution in [0.1, 0.15) is 70.9 Å². The Bertz CT molecular complexity index is 969. The van der Waals surface area contributed by atoms with E-state index in [2.05, 4.69) is 13.0 Å². The van der Waals surface area contributed by atoms with Gasteiger partial charge in [-0.25, -0.2) is 9.59 Å². The Morgan fingerprint density at radius 2 is 1.77 bits per heavy atom. The molecule has 2 bridgehead atoms. The summed E-state index contributed by atoms with van der Waals surface area (Å²) in [6, 6.07) is 12.5. The zero-order chi connectivity index (χ0) is 21.3. The van der Waals surface area contributed by atoms with Gasteiger partial charge in [0.25, 0.3) is 0 Å². The molecule has 2 aromatic rings. The predicted molar refractivity (Wildman–Crippen MR) is 115 cm³/mol. The zero-order valence-electron chi connectivity index (χ0n) is 17.6. The van der Waals surface area contributed by atoms with Gasteiger partial charge in [0.15, 0.2) is 0 Å². The second kappa shape index (κ2) is 8.23. The van der Waals surface area contributed by atoms with E-state index in [1.807, 2.05) is 12.1 Å². The fraction of sp³-hybridized carbons (Fsp3) is 0.440. The maximum absolute atomic E-state index is 12.8. The van der Waals surface area contributed by atoms with Crippen molar-refractivity contribution >= 4 is 11.9 Å². The average Bonchev–Trinajstić information content (AvgIpc) is 2.76. The summed E-state index contributed by atoms with van der Waals surface area (Å²) in [5.41, 5.74) is 9.52. The highest BCUT2D eigenvalue weighted by Gasteiger charge is 2.43. The summed E-state index contributed by atoms with van der Waals surface area (Å²) in [7, 11) is 1.29. The average molecular weight is 408 g/mol. The SMILES string of the molecule is COC(=O)c1ccccc1C(=O)Oc1ccc2c(c1)[C@@]1(C)CCCCCC(C2)[C@@H]1N. The van der Waals surface area contributed by atoms with Crippen LogP contribution in [0.15, 0.2) is 42.5 Å². The lowest BCUT2D eigenvalue weighted by Gasteiger charge is -2.47. The lowest BCUT2D eigenvalue weighted by Crippen LogP contribution is -2.52. The van der Waals surface area contributed by atoms with Crippen molar-refractivity contribution in [1.29, 1.82) is 0 Å². The molecule has 2 aliphatic rings. The van der Waals surface area contributed by atoms with Crippen LogP contribution in [0.25, 0.3) is 0 Å². The second-order valence-corrected chi connectivity index (χ2v) is 8.75. The van der Waals surface area contributed by atoms with Crippen molar-refractivity contribution in [3.63, 3.8) is 0 Å². The summed E-state index contributed by atoms with van der Waals surface area (Å²) >= 11 is 0. The lowest BCUT2D eigenvalue weighted by atomic mass is 9.60. The van der Waals surface area contributed by atoms with Crippen LogP contribution in [0.4, 0.5) is 0 Å². The van der Waals surface area contributed by atoms with E-state index in [1.165, 1.54) is 37.5 Å². The summed E-state index contributed by atoms with van der Waals surface area (Å²) in [6.07, 6.45) is 6.85. The van der Waals surface area contributed by atoms with Gasteiger partial charge in [0.1, 0.15) is 5.75 Å². The van der Waals surface area contributed by atoms with Crippen molar-refractivity contribution in [2.75, 3.05) is 7.11 Å². The number of fused-ring (bicyclic) bond motifs is 4. The summed E-state index contributed by atoms with van der Waals surface area (Å²) < 4.78 is 10.5. The van der Waals surface area contributed by atoms with E-state index in [9.17, 15) is 9.59 Å². The Hall–Kier alpha value is -2.66. The highest BCUT2D eigenvalue weighted by atomic mass is 16.5. The molecule has 5 nitrogen and oxygen atoms in total. The monoisotopic (exact) mass is 407 g/mol. The summed E-state index contributed by atoms with van der Waals surface area (Å²) in [5, 5.41) is 0. The Morgan fingerprint density at radius 3 is 2.50 bits per heavy atom. The standard InChI is InChI=1S/C25H29NO4/c1-25-13-7-3-4-8-17(22(25)26)14-16-11-12-18(15-21(16)25)30-24(28)20-10-6-5-9-19(20)23(27)29-2/h5-6,9-12,15,17,22H,3-4,7-8,13-14,26H2,1-2H3/t17?,22-,25+/m0/s1. The third-order valence-electron chi connectivity index (χ3n) is 6.96. The number of carbonyl (C=O) groups excluding carboxylic acids is 2. The van der Waals surface area contributed by atoms with Gasteiger partial charge in [0, 0.05) is 11.5 Å². The van der Waals surface area contributed by atoms with E-state index in [1.54, 1.807) is 24.3 Å². The van der Waals surface area contributed by atoms with Crippen molar-refractivity contribution in [3.05, 3.63) is 64.7 Å². The van der Waals surface area contributed by atoms with Crippen molar-refractivity contribution in [1.82, 2.24) is 0 Å². The van der Waals surface area contributed by atoms with Gasteiger partial charge in [-0.3, -0.25) is 0 Å². The maximum Gasteiger partial charge on any atom is 0.344 e. The van der Waals surface area contributed by atoms with E-state index in [4.69, 9.17) is 15.2 Å². The number of methoxy groups -OCH3 is 1. The van der Waals surface area contributed by atoms with Crippen molar-refractivity contribution < 1.29 is 19.1 Å². The first kappa shape index (κ1) is 20.6. The van der Waals surface area contributed by atoms with Gasteiger partial charge >= 0.3 is 11.9 Å². The number of rotatable bonds is 3. The van der Waals surface area contributed by atoms with Crippen molar-refractivity contribution in [2.24, 2.45) is 11.7 Å². The highest BCUT2D eigenvalue weighted by Crippen LogP contribution is 2.46. The highest BCUT2D eigenvalue weighted by molar-refractivity contribution is 6.03. The molecular formula is C25H29NO4. The zero-order valence-corrected chi connectivity index (χ0v) is 17.6. The molecular weight excluding hydrogens is 378 g/mol. The molecule has 0 aromatic heterocycles. The summed E-state index contributed by atoms with van der Waals surface area (Å²) in [5.74, 6) is -0.153. The van der Waals surface area contributed by atoms with E-state index in [0.717, 1.165) is 19.3 Å². The Labute approximate surface area is 177 Å². The van der Waals surface area contributed by atoms with Crippen LogP contribution < -0.4 is 10.5 Å². The van der Waals surface area contributed by atoms with E-state index >= 15 is 0 Å². The molecule has 1 saturated carbocycles. The number of carbonyl (C=O) groups is 2. The van der Waals surface area contributed by atoms with Crippen LogP contribution in [0.3, 0.4) is 0 Å². The first-order valence-corrected chi connectivity index (χ1v) is 10.7. The first-order chi connectivity index (χ1) is 14.4. The van der Waals surface area contributed by atoms with Gasteiger partial charge in [-0.15, -0.1) is 0 Å². The minimum Gasteiger partial charge on any atom is -0.465 e. The molecule has 0 spiro atoms. The largest absolute Gasteiger partial charge is 0.465 e. The van der Waals surface area contributed by atoms with Crippen molar-refractivity contribution in [3.8, 4) is 5.75 Å². The van der Waals surface area contributed by atoms with Crippen LogP contribution in [-0.4, -0.2) is 25.1 Å².